The predicted octanol–water partition coefficient (Wildman–Crippen LogP) is 2.47. The molecule has 0 aromatic heterocycles. The van der Waals surface area contributed by atoms with Crippen molar-refractivity contribution in [3.05, 3.63) is 24.0 Å². The molecule has 1 aliphatic heterocycles. The largest absolute Gasteiger partial charge is 0.381 e. The van der Waals surface area contributed by atoms with E-state index < -0.39 is 0 Å². The quantitative estimate of drug-likeness (QED) is 0.682. The van der Waals surface area contributed by atoms with Crippen LogP contribution >= 0.6 is 0 Å². The molecular formula is C11H15FN2. The van der Waals surface area contributed by atoms with E-state index in [0.717, 1.165) is 12.2 Å². The van der Waals surface area contributed by atoms with E-state index in [4.69, 9.17) is 0 Å². The van der Waals surface area contributed by atoms with Crippen LogP contribution in [0, 0.1) is 5.82 Å². The molecule has 1 aliphatic rings. The summed E-state index contributed by atoms with van der Waals surface area (Å²) in [5.74, 6) is -0.162. The number of hydrogen-bond donors (Lipinski definition) is 1. The Kier molecular flexibility index (Phi) is 1.91. The lowest BCUT2D eigenvalue weighted by Crippen LogP contribution is -2.50. The molecule has 1 heterocycles. The topological polar surface area (TPSA) is 15.3 Å². The van der Waals surface area contributed by atoms with Crippen molar-refractivity contribution in [1.29, 1.82) is 0 Å². The fourth-order valence-corrected chi connectivity index (χ4v) is 1.73. The standard InChI is InChI=1S/C11H15FN2/c1-11(2)7-13-9-6-4-5-8(12)10(9)14(11)3/h4-6,13H,7H2,1-3H3. The molecule has 1 aromatic carbocycles. The van der Waals surface area contributed by atoms with Crippen molar-refractivity contribution in [3.63, 3.8) is 0 Å². The lowest BCUT2D eigenvalue weighted by atomic mass is 9.98. The summed E-state index contributed by atoms with van der Waals surface area (Å²) >= 11 is 0. The van der Waals surface area contributed by atoms with Crippen LogP contribution in [0.15, 0.2) is 18.2 Å². The number of hydrogen-bond acceptors (Lipinski definition) is 2. The first-order valence-corrected chi connectivity index (χ1v) is 4.78. The Morgan fingerprint density at radius 2 is 2.14 bits per heavy atom. The van der Waals surface area contributed by atoms with Gasteiger partial charge in [0.05, 0.1) is 16.9 Å². The van der Waals surface area contributed by atoms with Crippen LogP contribution in [-0.2, 0) is 0 Å². The van der Waals surface area contributed by atoms with E-state index in [2.05, 4.69) is 19.2 Å². The fraction of sp³-hybridized carbons (Fsp3) is 0.455. The van der Waals surface area contributed by atoms with E-state index in [9.17, 15) is 4.39 Å². The zero-order valence-electron chi connectivity index (χ0n) is 8.76. The predicted molar refractivity (Wildman–Crippen MR) is 57.4 cm³/mol. The van der Waals surface area contributed by atoms with Crippen LogP contribution in [0.25, 0.3) is 0 Å². The molecule has 0 amide bonds. The van der Waals surface area contributed by atoms with Crippen molar-refractivity contribution >= 4 is 11.4 Å². The van der Waals surface area contributed by atoms with Crippen LogP contribution in [0.4, 0.5) is 15.8 Å². The molecule has 0 aliphatic carbocycles. The van der Waals surface area contributed by atoms with E-state index in [0.29, 0.717) is 5.69 Å². The first-order chi connectivity index (χ1) is 6.52. The van der Waals surface area contributed by atoms with Crippen LogP contribution in [0.5, 0.6) is 0 Å². The Morgan fingerprint density at radius 1 is 1.43 bits per heavy atom. The molecule has 0 bridgehead atoms. The summed E-state index contributed by atoms with van der Waals surface area (Å²) in [6.45, 7) is 5.02. The highest BCUT2D eigenvalue weighted by Gasteiger charge is 2.31. The van der Waals surface area contributed by atoms with E-state index >= 15 is 0 Å². The SMILES string of the molecule is CN1c2c(F)cccc2NCC1(C)C. The van der Waals surface area contributed by atoms with Gasteiger partial charge in [0.15, 0.2) is 0 Å². The van der Waals surface area contributed by atoms with Crippen LogP contribution in [0.2, 0.25) is 0 Å². The van der Waals surface area contributed by atoms with Gasteiger partial charge in [-0.15, -0.1) is 0 Å². The Hall–Kier alpha value is -1.25. The summed E-state index contributed by atoms with van der Waals surface area (Å²) in [4.78, 5) is 1.99. The normalized spacial score (nSPS) is 18.7. The Labute approximate surface area is 83.7 Å². The number of benzene rings is 1. The Bertz CT molecular complexity index is 360. The third kappa shape index (κ3) is 1.24. The number of rotatable bonds is 0. The van der Waals surface area contributed by atoms with Gasteiger partial charge in [-0.3, -0.25) is 0 Å². The molecule has 3 heteroatoms. The van der Waals surface area contributed by atoms with E-state index in [1.54, 1.807) is 6.07 Å². The van der Waals surface area contributed by atoms with E-state index in [-0.39, 0.29) is 11.4 Å². The highest BCUT2D eigenvalue weighted by atomic mass is 19.1. The lowest BCUT2D eigenvalue weighted by Gasteiger charge is -2.43. The van der Waals surface area contributed by atoms with E-state index in [1.165, 1.54) is 6.07 Å². The monoisotopic (exact) mass is 194 g/mol. The number of likely N-dealkylation sites (N-methyl/N-ethyl adjacent to an activating group) is 1. The van der Waals surface area contributed by atoms with Crippen molar-refractivity contribution < 1.29 is 4.39 Å². The van der Waals surface area contributed by atoms with Gasteiger partial charge >= 0.3 is 0 Å². The van der Waals surface area contributed by atoms with Crippen molar-refractivity contribution in [2.24, 2.45) is 0 Å². The van der Waals surface area contributed by atoms with Crippen LogP contribution in [0.1, 0.15) is 13.8 Å². The zero-order chi connectivity index (χ0) is 10.3. The number of halogens is 1. The summed E-state index contributed by atoms with van der Waals surface area (Å²) in [5, 5.41) is 3.24. The third-order valence-corrected chi connectivity index (χ3v) is 2.94. The third-order valence-electron chi connectivity index (χ3n) is 2.94. The van der Waals surface area contributed by atoms with Crippen LogP contribution in [-0.4, -0.2) is 19.1 Å². The van der Waals surface area contributed by atoms with Gasteiger partial charge < -0.3 is 10.2 Å². The molecule has 0 saturated heterocycles. The summed E-state index contributed by atoms with van der Waals surface area (Å²) in [5.41, 5.74) is 1.51. The Morgan fingerprint density at radius 3 is 2.86 bits per heavy atom. The minimum Gasteiger partial charge on any atom is -0.381 e. The number of anilines is 2. The molecule has 14 heavy (non-hydrogen) atoms. The van der Waals surface area contributed by atoms with Crippen molar-refractivity contribution in [2.75, 3.05) is 23.8 Å². The molecule has 0 saturated carbocycles. The highest BCUT2D eigenvalue weighted by molar-refractivity contribution is 5.73. The molecule has 0 unspecified atom stereocenters. The number of fused-ring (bicyclic) bond motifs is 1. The molecule has 0 atom stereocenters. The zero-order valence-corrected chi connectivity index (χ0v) is 8.76. The van der Waals surface area contributed by atoms with Gasteiger partial charge in [0, 0.05) is 13.6 Å². The first kappa shape index (κ1) is 9.31. The molecule has 1 aromatic rings. The highest BCUT2D eigenvalue weighted by Crippen LogP contribution is 2.36. The maximum absolute atomic E-state index is 13.6. The number of para-hydroxylation sites is 1. The fourth-order valence-electron chi connectivity index (χ4n) is 1.73. The van der Waals surface area contributed by atoms with Gasteiger partial charge in [0.2, 0.25) is 0 Å². The molecule has 2 nitrogen and oxygen atoms in total. The van der Waals surface area contributed by atoms with Crippen molar-refractivity contribution in [2.45, 2.75) is 19.4 Å². The molecular weight excluding hydrogens is 179 g/mol. The van der Waals surface area contributed by atoms with Gasteiger partial charge in [-0.1, -0.05) is 6.07 Å². The van der Waals surface area contributed by atoms with Crippen LogP contribution in [0.3, 0.4) is 0 Å². The maximum Gasteiger partial charge on any atom is 0.148 e. The van der Waals surface area contributed by atoms with Gasteiger partial charge in [0.1, 0.15) is 5.82 Å². The average Bonchev–Trinajstić information content (AvgIpc) is 2.12. The molecule has 0 spiro atoms. The van der Waals surface area contributed by atoms with Crippen molar-refractivity contribution in [3.8, 4) is 0 Å². The summed E-state index contributed by atoms with van der Waals surface area (Å²) in [6, 6.07) is 5.13. The summed E-state index contributed by atoms with van der Waals surface area (Å²) in [6.07, 6.45) is 0. The molecule has 0 fully saturated rings. The molecule has 76 valence electrons. The van der Waals surface area contributed by atoms with Gasteiger partial charge in [-0.05, 0) is 26.0 Å². The van der Waals surface area contributed by atoms with E-state index in [1.807, 2.05) is 18.0 Å². The molecule has 0 radical (unpaired) electrons. The second kappa shape index (κ2) is 2.87. The minimum atomic E-state index is -0.162. The minimum absolute atomic E-state index is 0.0464. The Balaban J connectivity index is 2.54. The van der Waals surface area contributed by atoms with Gasteiger partial charge in [0.25, 0.3) is 0 Å². The summed E-state index contributed by atoms with van der Waals surface area (Å²) < 4.78 is 13.6. The van der Waals surface area contributed by atoms with Crippen molar-refractivity contribution in [1.82, 2.24) is 0 Å². The lowest BCUT2D eigenvalue weighted by molar-refractivity contribution is 0.489. The average molecular weight is 194 g/mol. The second-order valence-corrected chi connectivity index (χ2v) is 4.36. The second-order valence-electron chi connectivity index (χ2n) is 4.36. The number of nitrogens with zero attached hydrogens (tertiary/aromatic N) is 1. The van der Waals surface area contributed by atoms with Gasteiger partial charge in [-0.25, -0.2) is 4.39 Å². The maximum atomic E-state index is 13.6. The smallest absolute Gasteiger partial charge is 0.148 e. The van der Waals surface area contributed by atoms with Gasteiger partial charge in [-0.2, -0.15) is 0 Å². The van der Waals surface area contributed by atoms with Crippen LogP contribution < -0.4 is 10.2 Å². The first-order valence-electron chi connectivity index (χ1n) is 4.78. The summed E-state index contributed by atoms with van der Waals surface area (Å²) in [7, 11) is 1.93. The number of nitrogens with one attached hydrogen (secondary N) is 1. The molecule has 1 N–H and O–H groups in total. The molecule has 2 rings (SSSR count).